The van der Waals surface area contributed by atoms with Crippen LogP contribution >= 0.6 is 0 Å². The van der Waals surface area contributed by atoms with Crippen LogP contribution in [0.4, 0.5) is 0 Å². The van der Waals surface area contributed by atoms with Crippen molar-refractivity contribution in [1.82, 2.24) is 0 Å². The molecule has 1 aliphatic rings. The zero-order valence-corrected chi connectivity index (χ0v) is 19.2. The van der Waals surface area contributed by atoms with E-state index < -0.39 is 21.8 Å². The van der Waals surface area contributed by atoms with Crippen LogP contribution in [0.15, 0.2) is 42.6 Å². The number of hydrogen-bond acceptors (Lipinski definition) is 0. The topological polar surface area (TPSA) is 3.88 Å². The molecule has 1 nitrogen and oxygen atoms in total. The average molecular weight is 526 g/mol. The molecule has 3 aromatic rings. The Hall–Kier alpha value is -1.27. The molecule has 1 fully saturated rings. The van der Waals surface area contributed by atoms with Crippen LogP contribution in [0.2, 0.25) is 8.26 Å². The number of benzene rings is 2. The third-order valence-electron chi connectivity index (χ3n) is 5.66. The van der Waals surface area contributed by atoms with Crippen molar-refractivity contribution in [1.29, 1.82) is 0 Å². The van der Waals surface area contributed by atoms with Crippen LogP contribution < -0.4 is 7.84 Å². The normalized spacial score (nSPS) is 15.2. The summed E-state index contributed by atoms with van der Waals surface area (Å²) in [5, 5.41) is 2.82. The van der Waals surface area contributed by atoms with Crippen molar-refractivity contribution in [3.63, 3.8) is 0 Å². The van der Waals surface area contributed by atoms with Crippen LogP contribution in [0.3, 0.4) is 0 Å². The molecule has 4 rings (SSSR count). The van der Waals surface area contributed by atoms with E-state index in [2.05, 4.69) is 75.0 Å². The molecule has 25 heavy (non-hydrogen) atoms. The van der Waals surface area contributed by atoms with Gasteiger partial charge in [0.1, 0.15) is 0 Å². The molecule has 0 spiro atoms. The minimum absolute atomic E-state index is 1.34. The third-order valence-corrected chi connectivity index (χ3v) is 16.2. The van der Waals surface area contributed by atoms with Gasteiger partial charge in [0, 0.05) is 0 Å². The Morgan fingerprint density at radius 1 is 0.920 bits per heavy atom. The van der Waals surface area contributed by atoms with E-state index in [1.54, 1.807) is 11.5 Å². The van der Waals surface area contributed by atoms with Gasteiger partial charge in [0.25, 0.3) is 0 Å². The summed E-state index contributed by atoms with van der Waals surface area (Å²) in [6.07, 6.45) is 5.20. The van der Waals surface area contributed by atoms with Crippen LogP contribution in [0.1, 0.15) is 29.5 Å². The predicted molar refractivity (Wildman–Crippen MR) is 109 cm³/mol. The molecule has 0 amide bonds. The van der Waals surface area contributed by atoms with Crippen LogP contribution in [-0.4, -0.2) is 21.8 Å². The second kappa shape index (κ2) is 6.80. The summed E-state index contributed by atoms with van der Waals surface area (Å²) in [7, 11) is 2.18. The van der Waals surface area contributed by atoms with Gasteiger partial charge in [-0.2, -0.15) is 0 Å². The Bertz CT molecular complexity index is 952. The number of pyridine rings is 1. The van der Waals surface area contributed by atoms with Crippen molar-refractivity contribution in [2.24, 2.45) is 7.05 Å². The van der Waals surface area contributed by atoms with Gasteiger partial charge in [-0.15, -0.1) is 0 Å². The van der Waals surface area contributed by atoms with E-state index in [0.29, 0.717) is 0 Å². The molecule has 128 valence electrons. The molecule has 0 saturated carbocycles. The van der Waals surface area contributed by atoms with Crippen molar-refractivity contribution in [3.05, 3.63) is 59.3 Å². The monoisotopic (exact) mass is 526 g/mol. The molecule has 0 atom stereocenters. The predicted octanol–water partition coefficient (Wildman–Crippen LogP) is 4.75. The molecule has 1 saturated heterocycles. The van der Waals surface area contributed by atoms with Gasteiger partial charge in [-0.3, -0.25) is 0 Å². The van der Waals surface area contributed by atoms with Crippen molar-refractivity contribution in [2.45, 2.75) is 41.9 Å². The number of hydrogen-bond donors (Lipinski definition) is 0. The Kier molecular flexibility index (Phi) is 4.67. The van der Waals surface area contributed by atoms with Crippen LogP contribution in [-0.2, 0) is 7.05 Å². The Morgan fingerprint density at radius 3 is 2.44 bits per heavy atom. The Labute approximate surface area is 159 Å². The summed E-state index contributed by atoms with van der Waals surface area (Å²) in [5.74, 6) is 0. The van der Waals surface area contributed by atoms with Crippen molar-refractivity contribution in [2.75, 3.05) is 0 Å². The third kappa shape index (κ3) is 3.15. The van der Waals surface area contributed by atoms with Gasteiger partial charge in [-0.1, -0.05) is 0 Å². The zero-order valence-electron chi connectivity index (χ0n) is 15.8. The number of aromatic nitrogens is 1. The minimum atomic E-state index is -1.36. The van der Waals surface area contributed by atoms with E-state index in [4.69, 9.17) is 0 Å². The molecule has 0 radical (unpaired) electrons. The zero-order chi connectivity index (χ0) is 17.6. The van der Waals surface area contributed by atoms with Gasteiger partial charge in [-0.05, 0) is 0 Å². The first-order chi connectivity index (χ1) is 12.0. The van der Waals surface area contributed by atoms with Gasteiger partial charge in [-0.25, -0.2) is 0 Å². The molecule has 1 aliphatic heterocycles. The van der Waals surface area contributed by atoms with Crippen LogP contribution in [0.5, 0.6) is 0 Å². The standard InChI is InChI=1S/C19H19N.C4H8.Bi/c1-13-11-14(2)15(3)18(12-13)19-17-8-6-5-7-16(17)9-10-20(19)4;1-3-4-2;/h6-12H,1-4H3;1-4H2;/q+1;;. The molecule has 0 N–H and O–H groups in total. The molecule has 2 heterocycles. The summed E-state index contributed by atoms with van der Waals surface area (Å²) < 4.78 is 7.15. The summed E-state index contributed by atoms with van der Waals surface area (Å²) in [5.41, 5.74) is 6.85. The molecule has 0 unspecified atom stereocenters. The second-order valence-corrected chi connectivity index (χ2v) is 17.2. The van der Waals surface area contributed by atoms with Gasteiger partial charge >= 0.3 is 160 Å². The van der Waals surface area contributed by atoms with Crippen LogP contribution in [0.25, 0.3) is 22.0 Å². The maximum atomic E-state index is 2.53. The molecule has 2 heteroatoms. The Balaban J connectivity index is 1.93. The molecular formula is C23H27BiN+. The summed E-state index contributed by atoms with van der Waals surface area (Å²) in [4.78, 5) is 0. The second-order valence-electron chi connectivity index (χ2n) is 7.50. The first kappa shape index (κ1) is 17.2. The van der Waals surface area contributed by atoms with Crippen molar-refractivity contribution >= 4 is 35.8 Å². The van der Waals surface area contributed by atoms with E-state index in [0.717, 1.165) is 0 Å². The number of aryl methyl sites for hydroxylation is 3. The van der Waals surface area contributed by atoms with E-state index in [1.807, 2.05) is 0 Å². The molecule has 0 aliphatic carbocycles. The molecular weight excluding hydrogens is 499 g/mol. The number of rotatable bonds is 2. The van der Waals surface area contributed by atoms with Crippen molar-refractivity contribution < 1.29 is 4.57 Å². The molecule has 2 aromatic carbocycles. The molecule has 0 bridgehead atoms. The average Bonchev–Trinajstić information content (AvgIpc) is 3.12. The number of fused-ring (bicyclic) bond motifs is 1. The van der Waals surface area contributed by atoms with E-state index >= 15 is 0 Å². The summed E-state index contributed by atoms with van der Waals surface area (Å²) in [6.45, 7) is 6.68. The van der Waals surface area contributed by atoms with E-state index in [-0.39, 0.29) is 0 Å². The first-order valence-electron chi connectivity index (χ1n) is 9.30. The first-order valence-corrected chi connectivity index (χ1v) is 16.0. The SMILES string of the molecule is Cc1cc(C)c(C)c(-c2c3cc[c]([Bi]4[CH2]CC[CH2]4)cc3cc[n+]2C)c1. The van der Waals surface area contributed by atoms with Crippen LogP contribution in [0, 0.1) is 20.8 Å². The number of nitrogens with zero attached hydrogens (tertiary/aromatic N) is 1. The quantitative estimate of drug-likeness (QED) is 0.335. The fourth-order valence-corrected chi connectivity index (χ4v) is 14.1. The fraction of sp³-hybridized carbons (Fsp3) is 0.348. The van der Waals surface area contributed by atoms with Gasteiger partial charge in [0.2, 0.25) is 0 Å². The van der Waals surface area contributed by atoms with E-state index in [1.165, 1.54) is 51.6 Å². The fourth-order valence-electron chi connectivity index (χ4n) is 4.15. The van der Waals surface area contributed by atoms with E-state index in [9.17, 15) is 0 Å². The van der Waals surface area contributed by atoms with Gasteiger partial charge < -0.3 is 0 Å². The molecule has 1 aromatic heterocycles. The summed E-state index contributed by atoms with van der Waals surface area (Å²) in [6, 6.07) is 14.3. The van der Waals surface area contributed by atoms with Gasteiger partial charge in [0.05, 0.1) is 0 Å². The van der Waals surface area contributed by atoms with Gasteiger partial charge in [0.15, 0.2) is 0 Å². The Morgan fingerprint density at radius 2 is 1.68 bits per heavy atom. The maximum absolute atomic E-state index is 2.53. The van der Waals surface area contributed by atoms with Crippen molar-refractivity contribution in [3.8, 4) is 11.3 Å². The summed E-state index contributed by atoms with van der Waals surface area (Å²) >= 11 is -1.36.